The number of carbonyl (C=O) groups excluding carboxylic acids is 1. The van der Waals surface area contributed by atoms with Crippen LogP contribution in [0.3, 0.4) is 0 Å². The summed E-state index contributed by atoms with van der Waals surface area (Å²) in [6.07, 6.45) is 1.64. The number of hydrogen-bond acceptors (Lipinski definition) is 5. The predicted octanol–water partition coefficient (Wildman–Crippen LogP) is 5.20. The van der Waals surface area contributed by atoms with Gasteiger partial charge in [0.1, 0.15) is 10.6 Å². The molecule has 0 unspecified atom stereocenters. The fourth-order valence-corrected chi connectivity index (χ4v) is 5.41. The number of thioether (sulfide) groups is 1. The number of allylic oxidation sites excluding steroid dienone is 1. The first-order valence-electron chi connectivity index (χ1n) is 10.3. The zero-order valence-corrected chi connectivity index (χ0v) is 19.7. The van der Waals surface area contributed by atoms with E-state index in [-0.39, 0.29) is 23.0 Å². The number of benzene rings is 2. The molecule has 0 atom stereocenters. The SMILES string of the molecule is C=CCn1c(SCC(=O)N(C)Cc2cccc(F)c2)nc2scc(-c3ccccc3)c2c1=O. The lowest BCUT2D eigenvalue weighted by atomic mass is 10.1. The van der Waals surface area contributed by atoms with Crippen molar-refractivity contribution in [1.82, 2.24) is 14.5 Å². The molecule has 33 heavy (non-hydrogen) atoms. The van der Waals surface area contributed by atoms with Gasteiger partial charge >= 0.3 is 0 Å². The molecule has 0 fully saturated rings. The van der Waals surface area contributed by atoms with E-state index in [0.29, 0.717) is 34.0 Å². The molecule has 0 radical (unpaired) electrons. The van der Waals surface area contributed by atoms with E-state index in [9.17, 15) is 14.0 Å². The number of fused-ring (bicyclic) bond motifs is 1. The topological polar surface area (TPSA) is 55.2 Å². The van der Waals surface area contributed by atoms with Crippen molar-refractivity contribution in [2.75, 3.05) is 12.8 Å². The summed E-state index contributed by atoms with van der Waals surface area (Å²) < 4.78 is 15.0. The van der Waals surface area contributed by atoms with Crippen molar-refractivity contribution in [3.05, 3.63) is 94.4 Å². The standard InChI is InChI=1S/C25H22FN3O2S2/c1-3-12-29-24(31)22-20(18-9-5-4-6-10-18)15-32-23(22)27-25(29)33-16-21(30)28(2)14-17-8-7-11-19(26)13-17/h3-11,13,15H,1,12,14,16H2,2H3. The molecule has 0 saturated carbocycles. The molecule has 4 aromatic rings. The maximum absolute atomic E-state index is 13.4. The highest BCUT2D eigenvalue weighted by atomic mass is 32.2. The number of halogens is 1. The van der Waals surface area contributed by atoms with E-state index >= 15 is 0 Å². The number of amides is 1. The molecule has 0 N–H and O–H groups in total. The van der Waals surface area contributed by atoms with Crippen molar-refractivity contribution in [3.63, 3.8) is 0 Å². The highest BCUT2D eigenvalue weighted by Gasteiger charge is 2.18. The quantitative estimate of drug-likeness (QED) is 0.198. The van der Waals surface area contributed by atoms with Gasteiger partial charge in [0.2, 0.25) is 5.91 Å². The molecule has 2 aromatic heterocycles. The lowest BCUT2D eigenvalue weighted by molar-refractivity contribution is -0.127. The predicted molar refractivity (Wildman–Crippen MR) is 133 cm³/mol. The van der Waals surface area contributed by atoms with Gasteiger partial charge in [-0.3, -0.25) is 14.2 Å². The zero-order valence-electron chi connectivity index (χ0n) is 18.0. The first-order chi connectivity index (χ1) is 16.0. The molecule has 0 spiro atoms. The van der Waals surface area contributed by atoms with Gasteiger partial charge in [0.15, 0.2) is 5.16 Å². The zero-order chi connectivity index (χ0) is 23.4. The van der Waals surface area contributed by atoms with Crippen LogP contribution in [0.1, 0.15) is 5.56 Å². The van der Waals surface area contributed by atoms with Crippen LogP contribution < -0.4 is 5.56 Å². The van der Waals surface area contributed by atoms with Crippen LogP contribution in [0.4, 0.5) is 4.39 Å². The van der Waals surface area contributed by atoms with Gasteiger partial charge in [-0.15, -0.1) is 17.9 Å². The van der Waals surface area contributed by atoms with Gasteiger partial charge in [0, 0.05) is 31.1 Å². The Labute approximate surface area is 199 Å². The smallest absolute Gasteiger partial charge is 0.263 e. The van der Waals surface area contributed by atoms with Crippen molar-refractivity contribution < 1.29 is 9.18 Å². The molecule has 1 amide bonds. The highest BCUT2D eigenvalue weighted by Crippen LogP contribution is 2.32. The van der Waals surface area contributed by atoms with Crippen LogP contribution in [0.15, 0.2) is 82.6 Å². The summed E-state index contributed by atoms with van der Waals surface area (Å²) in [6, 6.07) is 15.9. The third-order valence-electron chi connectivity index (χ3n) is 5.11. The third-order valence-corrected chi connectivity index (χ3v) is 6.95. The molecule has 4 rings (SSSR count). The summed E-state index contributed by atoms with van der Waals surface area (Å²) >= 11 is 2.63. The normalized spacial score (nSPS) is 11.0. The maximum Gasteiger partial charge on any atom is 0.263 e. The van der Waals surface area contributed by atoms with Crippen LogP contribution in [0.5, 0.6) is 0 Å². The molecule has 2 aromatic carbocycles. The fraction of sp³-hybridized carbons (Fsp3) is 0.160. The van der Waals surface area contributed by atoms with Crippen LogP contribution in [-0.4, -0.2) is 33.2 Å². The molecule has 0 bridgehead atoms. The number of carbonyl (C=O) groups is 1. The lowest BCUT2D eigenvalue weighted by Crippen LogP contribution is -2.28. The molecular weight excluding hydrogens is 457 g/mol. The largest absolute Gasteiger partial charge is 0.341 e. The van der Waals surface area contributed by atoms with Gasteiger partial charge in [-0.25, -0.2) is 9.37 Å². The average Bonchev–Trinajstić information content (AvgIpc) is 3.24. The third kappa shape index (κ3) is 5.07. The Bertz CT molecular complexity index is 1370. The van der Waals surface area contributed by atoms with E-state index in [0.717, 1.165) is 11.1 Å². The Morgan fingerprint density at radius 3 is 2.76 bits per heavy atom. The van der Waals surface area contributed by atoms with Gasteiger partial charge in [-0.1, -0.05) is 60.3 Å². The number of nitrogens with zero attached hydrogens (tertiary/aromatic N) is 3. The average molecular weight is 480 g/mol. The van der Waals surface area contributed by atoms with Gasteiger partial charge in [0.25, 0.3) is 5.56 Å². The molecule has 0 aliphatic heterocycles. The van der Waals surface area contributed by atoms with Gasteiger partial charge in [0.05, 0.1) is 11.1 Å². The van der Waals surface area contributed by atoms with E-state index in [4.69, 9.17) is 4.98 Å². The van der Waals surface area contributed by atoms with Crippen LogP contribution in [0, 0.1) is 5.82 Å². The van der Waals surface area contributed by atoms with Crippen LogP contribution in [0.25, 0.3) is 21.3 Å². The summed E-state index contributed by atoms with van der Waals surface area (Å²) in [4.78, 5) is 33.0. The molecular formula is C25H22FN3O2S2. The van der Waals surface area contributed by atoms with Gasteiger partial charge in [-0.2, -0.15) is 0 Å². The van der Waals surface area contributed by atoms with E-state index in [1.165, 1.54) is 40.1 Å². The Balaban J connectivity index is 1.58. The van der Waals surface area contributed by atoms with Crippen LogP contribution >= 0.6 is 23.1 Å². The molecule has 168 valence electrons. The molecule has 5 nitrogen and oxygen atoms in total. The van der Waals surface area contributed by atoms with E-state index in [2.05, 4.69) is 6.58 Å². The van der Waals surface area contributed by atoms with Crippen molar-refractivity contribution in [1.29, 1.82) is 0 Å². The minimum atomic E-state index is -0.334. The number of thiophene rings is 1. The minimum Gasteiger partial charge on any atom is -0.341 e. The van der Waals surface area contributed by atoms with E-state index < -0.39 is 0 Å². The molecule has 0 saturated heterocycles. The first-order valence-corrected chi connectivity index (χ1v) is 12.1. The second kappa shape index (κ2) is 10.1. The Kier molecular flexibility index (Phi) is 7.05. The summed E-state index contributed by atoms with van der Waals surface area (Å²) in [5.41, 5.74) is 2.38. The molecule has 8 heteroatoms. The van der Waals surface area contributed by atoms with Crippen molar-refractivity contribution >= 4 is 39.2 Å². The van der Waals surface area contributed by atoms with Crippen molar-refractivity contribution in [2.24, 2.45) is 0 Å². The van der Waals surface area contributed by atoms with Crippen molar-refractivity contribution in [3.8, 4) is 11.1 Å². The second-order valence-corrected chi connectivity index (χ2v) is 9.26. The lowest BCUT2D eigenvalue weighted by Gasteiger charge is -2.17. The van der Waals surface area contributed by atoms with E-state index in [1.54, 1.807) is 29.8 Å². The highest BCUT2D eigenvalue weighted by molar-refractivity contribution is 7.99. The fourth-order valence-electron chi connectivity index (χ4n) is 3.47. The van der Waals surface area contributed by atoms with E-state index in [1.807, 2.05) is 35.7 Å². The van der Waals surface area contributed by atoms with Gasteiger partial charge < -0.3 is 4.90 Å². The van der Waals surface area contributed by atoms with Crippen LogP contribution in [-0.2, 0) is 17.9 Å². The second-order valence-electron chi connectivity index (χ2n) is 7.46. The Morgan fingerprint density at radius 1 is 1.24 bits per heavy atom. The first kappa shape index (κ1) is 22.9. The van der Waals surface area contributed by atoms with Crippen LogP contribution in [0.2, 0.25) is 0 Å². The van der Waals surface area contributed by atoms with Crippen molar-refractivity contribution in [2.45, 2.75) is 18.2 Å². The Hall–Kier alpha value is -3.23. The number of aromatic nitrogens is 2. The molecule has 0 aliphatic rings. The summed E-state index contributed by atoms with van der Waals surface area (Å²) in [5, 5.41) is 2.99. The molecule has 0 aliphatic carbocycles. The summed E-state index contributed by atoms with van der Waals surface area (Å²) in [7, 11) is 1.67. The Morgan fingerprint density at radius 2 is 2.03 bits per heavy atom. The minimum absolute atomic E-state index is 0.109. The monoisotopic (exact) mass is 479 g/mol. The summed E-state index contributed by atoms with van der Waals surface area (Å²) in [6.45, 7) is 4.36. The maximum atomic E-state index is 13.4. The number of rotatable bonds is 8. The number of hydrogen-bond donors (Lipinski definition) is 0. The molecule has 2 heterocycles. The summed E-state index contributed by atoms with van der Waals surface area (Å²) in [5.74, 6) is -0.364. The van der Waals surface area contributed by atoms with Gasteiger partial charge in [-0.05, 0) is 23.3 Å².